The average molecular weight is 327 g/mol. The number of nitrogen functional groups attached to an aromatic ring is 1. The van der Waals surface area contributed by atoms with Gasteiger partial charge in [0, 0.05) is 10.8 Å². The second-order valence-electron chi connectivity index (χ2n) is 4.12. The van der Waals surface area contributed by atoms with Gasteiger partial charge in [-0.2, -0.15) is 0 Å². The molecule has 0 amide bonds. The lowest BCUT2D eigenvalue weighted by molar-refractivity contribution is 0.412. The van der Waals surface area contributed by atoms with Crippen molar-refractivity contribution in [3.63, 3.8) is 0 Å². The number of hydrogen-bond donors (Lipinski definition) is 1. The molecule has 2 N–H and O–H groups in total. The van der Waals surface area contributed by atoms with Gasteiger partial charge in [-0.15, -0.1) is 11.3 Å². The molecule has 1 heterocycles. The molecule has 0 radical (unpaired) electrons. The molecule has 1 unspecified atom stereocenters. The summed E-state index contributed by atoms with van der Waals surface area (Å²) < 4.78 is 6.20. The van der Waals surface area contributed by atoms with Crippen molar-refractivity contribution in [3.8, 4) is 5.75 Å². The maximum atomic E-state index is 5.75. The molecule has 1 atom stereocenters. The number of nitrogens with two attached hydrogens (primary N) is 1. The largest absolute Gasteiger partial charge is 0.496 e. The summed E-state index contributed by atoms with van der Waals surface area (Å²) in [6.45, 7) is 4.16. The van der Waals surface area contributed by atoms with E-state index in [1.807, 2.05) is 13.0 Å². The lowest BCUT2D eigenvalue weighted by Gasteiger charge is -2.12. The third-order valence-electron chi connectivity index (χ3n) is 2.92. The molecule has 1 aromatic heterocycles. The molecule has 0 aliphatic rings. The summed E-state index contributed by atoms with van der Waals surface area (Å²) in [6, 6.07) is 6.12. The number of halogens is 1. The van der Waals surface area contributed by atoms with Crippen molar-refractivity contribution in [1.29, 1.82) is 0 Å². The van der Waals surface area contributed by atoms with Gasteiger partial charge < -0.3 is 10.5 Å². The van der Waals surface area contributed by atoms with Gasteiger partial charge in [0.2, 0.25) is 0 Å². The number of thiazole rings is 1. The standard InChI is InChI=1S/C13H15BrN2OS/c1-7(12-8(2)16-13(15)18-12)9-4-5-11(17-3)10(14)6-9/h4-7H,1-3H3,(H2,15,16). The second-order valence-corrected chi connectivity index (χ2v) is 6.03. The normalized spacial score (nSPS) is 12.4. The van der Waals surface area contributed by atoms with Crippen molar-refractivity contribution in [2.24, 2.45) is 0 Å². The molecular weight excluding hydrogens is 312 g/mol. The van der Waals surface area contributed by atoms with Crippen LogP contribution in [0.4, 0.5) is 5.13 Å². The number of rotatable bonds is 3. The minimum absolute atomic E-state index is 0.280. The zero-order valence-corrected chi connectivity index (χ0v) is 12.9. The maximum Gasteiger partial charge on any atom is 0.180 e. The van der Waals surface area contributed by atoms with E-state index in [9.17, 15) is 0 Å². The number of nitrogens with zero attached hydrogens (tertiary/aromatic N) is 1. The summed E-state index contributed by atoms with van der Waals surface area (Å²) in [6.07, 6.45) is 0. The van der Waals surface area contributed by atoms with Crippen LogP contribution in [0.2, 0.25) is 0 Å². The number of aromatic nitrogens is 1. The number of ether oxygens (including phenoxy) is 1. The highest BCUT2D eigenvalue weighted by atomic mass is 79.9. The number of aryl methyl sites for hydroxylation is 1. The average Bonchev–Trinajstić information content (AvgIpc) is 2.67. The fraction of sp³-hybridized carbons (Fsp3) is 0.308. The van der Waals surface area contributed by atoms with Crippen molar-refractivity contribution in [2.45, 2.75) is 19.8 Å². The number of benzene rings is 1. The molecule has 2 aromatic rings. The van der Waals surface area contributed by atoms with Gasteiger partial charge in [0.1, 0.15) is 5.75 Å². The third-order valence-corrected chi connectivity index (χ3v) is 4.71. The number of hydrogen-bond acceptors (Lipinski definition) is 4. The maximum absolute atomic E-state index is 5.75. The predicted octanol–water partition coefficient (Wildman–Crippen LogP) is 3.96. The minimum Gasteiger partial charge on any atom is -0.496 e. The van der Waals surface area contributed by atoms with Crippen LogP contribution in [0.25, 0.3) is 0 Å². The fourth-order valence-corrected chi connectivity index (χ4v) is 3.41. The first-order valence-electron chi connectivity index (χ1n) is 5.59. The highest BCUT2D eigenvalue weighted by Crippen LogP contribution is 2.35. The molecule has 5 heteroatoms. The van der Waals surface area contributed by atoms with Crippen LogP contribution in [-0.4, -0.2) is 12.1 Å². The van der Waals surface area contributed by atoms with E-state index in [0.717, 1.165) is 15.9 Å². The van der Waals surface area contributed by atoms with E-state index in [2.05, 4.69) is 40.0 Å². The Morgan fingerprint density at radius 3 is 2.67 bits per heavy atom. The molecular formula is C13H15BrN2OS. The highest BCUT2D eigenvalue weighted by Gasteiger charge is 2.16. The van der Waals surface area contributed by atoms with Crippen LogP contribution in [0.5, 0.6) is 5.75 Å². The zero-order valence-electron chi connectivity index (χ0n) is 10.5. The first-order valence-corrected chi connectivity index (χ1v) is 7.20. The van der Waals surface area contributed by atoms with Gasteiger partial charge in [0.15, 0.2) is 5.13 Å². The van der Waals surface area contributed by atoms with E-state index in [4.69, 9.17) is 10.5 Å². The van der Waals surface area contributed by atoms with E-state index < -0.39 is 0 Å². The van der Waals surface area contributed by atoms with Crippen molar-refractivity contribution < 1.29 is 4.74 Å². The molecule has 0 aliphatic carbocycles. The van der Waals surface area contributed by atoms with Crippen LogP contribution in [-0.2, 0) is 0 Å². The lowest BCUT2D eigenvalue weighted by atomic mass is 9.98. The Morgan fingerprint density at radius 1 is 1.44 bits per heavy atom. The van der Waals surface area contributed by atoms with Crippen LogP contribution < -0.4 is 10.5 Å². The molecule has 3 nitrogen and oxygen atoms in total. The Kier molecular flexibility index (Phi) is 3.92. The zero-order chi connectivity index (χ0) is 13.3. The Labute approximate surface area is 119 Å². The third kappa shape index (κ3) is 2.52. The first-order chi connectivity index (χ1) is 8.52. The quantitative estimate of drug-likeness (QED) is 0.928. The Morgan fingerprint density at radius 2 is 2.17 bits per heavy atom. The van der Waals surface area contributed by atoms with Gasteiger partial charge >= 0.3 is 0 Å². The van der Waals surface area contributed by atoms with E-state index in [-0.39, 0.29) is 5.92 Å². The van der Waals surface area contributed by atoms with E-state index in [1.165, 1.54) is 10.4 Å². The van der Waals surface area contributed by atoms with Crippen molar-refractivity contribution in [1.82, 2.24) is 4.98 Å². The minimum atomic E-state index is 0.280. The predicted molar refractivity (Wildman–Crippen MR) is 79.5 cm³/mol. The summed E-state index contributed by atoms with van der Waals surface area (Å²) in [5, 5.41) is 0.627. The van der Waals surface area contributed by atoms with E-state index in [0.29, 0.717) is 5.13 Å². The van der Waals surface area contributed by atoms with Gasteiger partial charge in [0.25, 0.3) is 0 Å². The van der Waals surface area contributed by atoms with E-state index >= 15 is 0 Å². The molecule has 0 saturated heterocycles. The molecule has 1 aromatic carbocycles. The Hall–Kier alpha value is -1.07. The highest BCUT2D eigenvalue weighted by molar-refractivity contribution is 9.10. The molecule has 2 rings (SSSR count). The number of anilines is 1. The molecule has 0 spiro atoms. The molecule has 96 valence electrons. The van der Waals surface area contributed by atoms with Crippen molar-refractivity contribution >= 4 is 32.4 Å². The molecule has 0 saturated carbocycles. The van der Waals surface area contributed by atoms with Gasteiger partial charge in [-0.3, -0.25) is 0 Å². The number of methoxy groups -OCH3 is 1. The molecule has 18 heavy (non-hydrogen) atoms. The fourth-order valence-electron chi connectivity index (χ4n) is 1.93. The summed E-state index contributed by atoms with van der Waals surface area (Å²) >= 11 is 5.06. The molecule has 0 fully saturated rings. The van der Waals surface area contributed by atoms with Crippen LogP contribution in [0.15, 0.2) is 22.7 Å². The van der Waals surface area contributed by atoms with Crippen LogP contribution in [0.1, 0.15) is 29.0 Å². The van der Waals surface area contributed by atoms with Gasteiger partial charge in [-0.25, -0.2) is 4.98 Å². The lowest BCUT2D eigenvalue weighted by Crippen LogP contribution is -1.96. The summed E-state index contributed by atoms with van der Waals surface area (Å²) in [5.41, 5.74) is 7.98. The topological polar surface area (TPSA) is 48.1 Å². The van der Waals surface area contributed by atoms with Crippen molar-refractivity contribution in [2.75, 3.05) is 12.8 Å². The second kappa shape index (κ2) is 5.28. The smallest absolute Gasteiger partial charge is 0.180 e. The van der Waals surface area contributed by atoms with Crippen LogP contribution in [0, 0.1) is 6.92 Å². The van der Waals surface area contributed by atoms with Gasteiger partial charge in [-0.05, 0) is 40.5 Å². The van der Waals surface area contributed by atoms with Crippen molar-refractivity contribution in [3.05, 3.63) is 38.8 Å². The Balaban J connectivity index is 2.37. The summed E-state index contributed by atoms with van der Waals surface area (Å²) in [7, 11) is 1.66. The van der Waals surface area contributed by atoms with Gasteiger partial charge in [0.05, 0.1) is 17.3 Å². The molecule has 0 aliphatic heterocycles. The summed E-state index contributed by atoms with van der Waals surface area (Å²) in [4.78, 5) is 5.49. The molecule has 0 bridgehead atoms. The Bertz CT molecular complexity index is 568. The van der Waals surface area contributed by atoms with Gasteiger partial charge in [-0.1, -0.05) is 13.0 Å². The van der Waals surface area contributed by atoms with Crippen LogP contribution >= 0.6 is 27.3 Å². The monoisotopic (exact) mass is 326 g/mol. The van der Waals surface area contributed by atoms with E-state index in [1.54, 1.807) is 18.4 Å². The van der Waals surface area contributed by atoms with Crippen LogP contribution in [0.3, 0.4) is 0 Å². The first kappa shape index (κ1) is 13.4. The summed E-state index contributed by atoms with van der Waals surface area (Å²) in [5.74, 6) is 1.12. The SMILES string of the molecule is COc1ccc(C(C)c2sc(N)nc2C)cc1Br.